The molecule has 3 fully saturated rings. The molecule has 4 aliphatic rings. The smallest absolute Gasteiger partial charge is 0.272 e. The highest BCUT2D eigenvalue weighted by molar-refractivity contribution is 6.32. The molecular formula is C22H23Cl2F3N6O. The maximum atomic E-state index is 15.2. The third kappa shape index (κ3) is 3.98. The quantitative estimate of drug-likeness (QED) is 0.482. The minimum absolute atomic E-state index is 0.251. The number of hydrogen-bond acceptors (Lipinski definition) is 7. The van der Waals surface area contributed by atoms with Crippen LogP contribution in [0, 0.1) is 0 Å². The van der Waals surface area contributed by atoms with Gasteiger partial charge in [0.15, 0.2) is 0 Å². The van der Waals surface area contributed by atoms with Gasteiger partial charge in [-0.2, -0.15) is 5.10 Å². The van der Waals surface area contributed by atoms with Crippen molar-refractivity contribution in [3.8, 4) is 0 Å². The summed E-state index contributed by atoms with van der Waals surface area (Å²) in [7, 11) is 0. The number of hydrogen-bond donors (Lipinski definition) is 1. The van der Waals surface area contributed by atoms with Crippen LogP contribution in [0.1, 0.15) is 24.3 Å². The normalized spacial score (nSPS) is 33.3. The Kier molecular flexibility index (Phi) is 5.55. The summed E-state index contributed by atoms with van der Waals surface area (Å²) in [6.07, 6.45) is 2.48. The molecule has 34 heavy (non-hydrogen) atoms. The van der Waals surface area contributed by atoms with Gasteiger partial charge in [-0.25, -0.2) is 23.1 Å². The summed E-state index contributed by atoms with van der Waals surface area (Å²) in [6.45, 7) is 2.48. The predicted octanol–water partition coefficient (Wildman–Crippen LogP) is 3.86. The molecule has 0 radical (unpaired) electrons. The van der Waals surface area contributed by atoms with Crippen LogP contribution in [0.4, 0.5) is 19.1 Å². The maximum Gasteiger partial charge on any atom is 0.272 e. The Balaban J connectivity index is 1.19. The van der Waals surface area contributed by atoms with Crippen LogP contribution < -0.4 is 5.32 Å². The van der Waals surface area contributed by atoms with Crippen molar-refractivity contribution in [2.24, 2.45) is 5.10 Å². The number of ether oxygens (including phenoxy) is 1. The van der Waals surface area contributed by atoms with Gasteiger partial charge in [0.05, 0.1) is 31.0 Å². The molecule has 1 aromatic heterocycles. The van der Waals surface area contributed by atoms with E-state index in [2.05, 4.69) is 25.3 Å². The van der Waals surface area contributed by atoms with Gasteiger partial charge in [0.2, 0.25) is 5.95 Å². The molecule has 12 heteroatoms. The topological polar surface area (TPSA) is 65.9 Å². The lowest BCUT2D eigenvalue weighted by Crippen LogP contribution is -2.54. The first kappa shape index (κ1) is 22.6. The van der Waals surface area contributed by atoms with Crippen LogP contribution >= 0.6 is 23.2 Å². The fourth-order valence-corrected chi connectivity index (χ4v) is 5.53. The van der Waals surface area contributed by atoms with E-state index in [1.165, 1.54) is 11.2 Å². The van der Waals surface area contributed by atoms with E-state index in [0.29, 0.717) is 42.8 Å². The van der Waals surface area contributed by atoms with Crippen molar-refractivity contribution in [2.45, 2.75) is 54.5 Å². The monoisotopic (exact) mass is 514 g/mol. The Bertz CT molecular complexity index is 1140. The summed E-state index contributed by atoms with van der Waals surface area (Å²) >= 11 is 12.9. The zero-order chi connectivity index (χ0) is 23.6. The molecule has 2 saturated heterocycles. The van der Waals surface area contributed by atoms with Crippen molar-refractivity contribution < 1.29 is 17.9 Å². The van der Waals surface area contributed by atoms with Gasteiger partial charge in [-0.3, -0.25) is 9.91 Å². The van der Waals surface area contributed by atoms with Gasteiger partial charge in [-0.15, -0.1) is 0 Å². The summed E-state index contributed by atoms with van der Waals surface area (Å²) in [6, 6.07) is 2.38. The van der Waals surface area contributed by atoms with Gasteiger partial charge >= 0.3 is 0 Å². The van der Waals surface area contributed by atoms with Crippen molar-refractivity contribution in [3.05, 3.63) is 28.9 Å². The Morgan fingerprint density at radius 1 is 1.24 bits per heavy atom. The molecule has 2 aromatic rings. The zero-order valence-corrected chi connectivity index (χ0v) is 19.6. The number of fused-ring (bicyclic) bond motifs is 1. The van der Waals surface area contributed by atoms with Gasteiger partial charge in [-0.1, -0.05) is 23.2 Å². The number of hydrazone groups is 1. The first-order valence-corrected chi connectivity index (χ1v) is 12.1. The first-order valence-electron chi connectivity index (χ1n) is 11.3. The highest BCUT2D eigenvalue weighted by atomic mass is 35.5. The molecule has 0 amide bonds. The number of piperidine rings is 1. The number of alkyl halides is 4. The molecule has 5 unspecified atom stereocenters. The number of halogens is 5. The molecule has 0 spiro atoms. The second-order valence-electron chi connectivity index (χ2n) is 9.39. The van der Waals surface area contributed by atoms with Gasteiger partial charge in [0.25, 0.3) is 5.92 Å². The first-order chi connectivity index (χ1) is 16.3. The lowest BCUT2D eigenvalue weighted by Gasteiger charge is -2.43. The van der Waals surface area contributed by atoms with Crippen LogP contribution in [-0.2, 0) is 4.74 Å². The molecule has 5 atom stereocenters. The Morgan fingerprint density at radius 2 is 2.03 bits per heavy atom. The molecule has 1 aliphatic carbocycles. The fraction of sp³-hybridized carbons (Fsp3) is 0.591. The Labute approximate surface area is 204 Å². The van der Waals surface area contributed by atoms with Crippen LogP contribution in [-0.4, -0.2) is 88.1 Å². The number of benzene rings is 1. The largest absolute Gasteiger partial charge is 0.378 e. The number of aromatic nitrogens is 2. The van der Waals surface area contributed by atoms with E-state index in [0.717, 1.165) is 17.5 Å². The third-order valence-corrected chi connectivity index (χ3v) is 7.92. The second kappa shape index (κ2) is 8.36. The molecule has 6 rings (SSSR count). The van der Waals surface area contributed by atoms with Crippen molar-refractivity contribution in [2.75, 3.05) is 31.6 Å². The van der Waals surface area contributed by atoms with Crippen molar-refractivity contribution in [3.63, 3.8) is 0 Å². The van der Waals surface area contributed by atoms with E-state index in [1.807, 2.05) is 6.07 Å². The van der Waals surface area contributed by atoms with E-state index in [4.69, 9.17) is 27.9 Å². The van der Waals surface area contributed by atoms with Crippen LogP contribution in [0.3, 0.4) is 0 Å². The molecule has 1 saturated carbocycles. The number of anilines is 1. The van der Waals surface area contributed by atoms with Crippen LogP contribution in [0.5, 0.6) is 0 Å². The van der Waals surface area contributed by atoms with Crippen molar-refractivity contribution in [1.82, 2.24) is 19.9 Å². The summed E-state index contributed by atoms with van der Waals surface area (Å²) < 4.78 is 47.2. The predicted molar refractivity (Wildman–Crippen MR) is 124 cm³/mol. The second-order valence-corrected chi connectivity index (χ2v) is 10.2. The van der Waals surface area contributed by atoms with Crippen LogP contribution in [0.15, 0.2) is 23.4 Å². The van der Waals surface area contributed by atoms with Crippen molar-refractivity contribution in [1.29, 1.82) is 0 Å². The lowest BCUT2D eigenvalue weighted by atomic mass is 9.86. The lowest BCUT2D eigenvalue weighted by molar-refractivity contribution is -0.0806. The molecule has 0 bridgehead atoms. The Hall–Kier alpha value is -1.88. The molecule has 1 aromatic carbocycles. The maximum absolute atomic E-state index is 15.2. The van der Waals surface area contributed by atoms with Crippen LogP contribution in [0.2, 0.25) is 5.02 Å². The molecule has 182 valence electrons. The number of rotatable bonds is 5. The molecule has 1 N–H and O–H groups in total. The van der Waals surface area contributed by atoms with Gasteiger partial charge in [0, 0.05) is 35.5 Å². The SMILES string of the molecule is FC1CN(C2COC2)CCC1c1cc2nc(NC3C=NN(C4CC4(F)F)C3Cl)ncc2cc1Cl. The molecular weight excluding hydrogens is 492 g/mol. The molecule has 7 nitrogen and oxygen atoms in total. The third-order valence-electron chi connectivity index (χ3n) is 7.13. The highest BCUT2D eigenvalue weighted by Gasteiger charge is 2.62. The van der Waals surface area contributed by atoms with E-state index in [-0.39, 0.29) is 18.3 Å². The standard InChI is InChI=1S/C22H23Cl2F3N6O/c23-15-3-11-6-28-21(31-18-7-29-33(20(18)24)19-5-22(19,26)27)30-17(11)4-14(15)13-1-2-32(8-16(13)25)12-9-34-10-12/h3-4,6-7,12-13,16,18-20H,1-2,5,8-10H2,(H,28,30,31). The highest BCUT2D eigenvalue weighted by Crippen LogP contribution is 2.48. The van der Waals surface area contributed by atoms with Gasteiger partial charge in [0.1, 0.15) is 23.8 Å². The Morgan fingerprint density at radius 3 is 2.71 bits per heavy atom. The molecule has 3 aliphatic heterocycles. The van der Waals surface area contributed by atoms with Gasteiger partial charge in [-0.05, 0) is 30.7 Å². The fourth-order valence-electron chi connectivity index (χ4n) is 4.91. The number of nitrogens with zero attached hydrogens (tertiary/aromatic N) is 5. The van der Waals surface area contributed by atoms with Crippen LogP contribution in [0.25, 0.3) is 10.9 Å². The minimum Gasteiger partial charge on any atom is -0.378 e. The van der Waals surface area contributed by atoms with E-state index >= 15 is 4.39 Å². The average molecular weight is 515 g/mol. The van der Waals surface area contributed by atoms with E-state index in [1.54, 1.807) is 12.3 Å². The number of nitrogens with one attached hydrogen (secondary N) is 1. The summed E-state index contributed by atoms with van der Waals surface area (Å²) in [5.41, 5.74) is 0.568. The van der Waals surface area contributed by atoms with Crippen molar-refractivity contribution >= 4 is 46.3 Å². The molecule has 4 heterocycles. The summed E-state index contributed by atoms with van der Waals surface area (Å²) in [5.74, 6) is -2.79. The zero-order valence-electron chi connectivity index (χ0n) is 18.1. The van der Waals surface area contributed by atoms with Gasteiger partial charge < -0.3 is 10.1 Å². The summed E-state index contributed by atoms with van der Waals surface area (Å²) in [4.78, 5) is 11.0. The van der Waals surface area contributed by atoms with E-state index in [9.17, 15) is 8.78 Å². The van der Waals surface area contributed by atoms with E-state index < -0.39 is 29.7 Å². The minimum atomic E-state index is -2.76. The number of likely N-dealkylation sites (tertiary alicyclic amines) is 1. The summed E-state index contributed by atoms with van der Waals surface area (Å²) in [5, 5.41) is 9.55. The average Bonchev–Trinajstić information content (AvgIpc) is 3.24.